The van der Waals surface area contributed by atoms with E-state index in [0.29, 0.717) is 0 Å². The van der Waals surface area contributed by atoms with Crippen molar-refractivity contribution in [3.05, 3.63) is 48.5 Å². The minimum Gasteiger partial charge on any atom is -0.0634 e. The van der Waals surface area contributed by atoms with Crippen LogP contribution in [-0.2, 0) is 17.1 Å². The molecule has 0 aromatic heterocycles. The summed E-state index contributed by atoms with van der Waals surface area (Å²) in [7, 11) is 1.57. The van der Waals surface area contributed by atoms with Crippen molar-refractivity contribution in [3.63, 3.8) is 0 Å². The third-order valence-electron chi connectivity index (χ3n) is 2.77. The van der Waals surface area contributed by atoms with Gasteiger partial charge in [-0.25, -0.2) is 0 Å². The Morgan fingerprint density at radius 2 is 1.35 bits per heavy atom. The third-order valence-corrected chi connectivity index (χ3v) is 4.90. The number of hydrogen-bond donors (Lipinski definition) is 0. The fourth-order valence-corrected chi connectivity index (χ4v) is 3.57. The van der Waals surface area contributed by atoms with Crippen molar-refractivity contribution < 1.29 is 17.1 Å². The molecule has 0 fully saturated rings. The normalized spacial score (nSPS) is 10.1. The Balaban J connectivity index is 0.00000144. The molecule has 0 aliphatic rings. The van der Waals surface area contributed by atoms with Crippen molar-refractivity contribution in [1.29, 1.82) is 0 Å². The van der Waals surface area contributed by atoms with Crippen LogP contribution < -0.4 is 10.5 Å². The molecule has 0 atom stereocenters. The fourth-order valence-electron chi connectivity index (χ4n) is 1.94. The predicted molar refractivity (Wildman–Crippen MR) is 79.9 cm³/mol. The zero-order chi connectivity index (χ0) is 11.5. The van der Waals surface area contributed by atoms with Crippen LogP contribution in [0.5, 0.6) is 0 Å². The summed E-state index contributed by atoms with van der Waals surface area (Å²) in [5.41, 5.74) is 2.81. The van der Waals surface area contributed by atoms with Gasteiger partial charge in [0.05, 0.1) is 18.6 Å². The van der Waals surface area contributed by atoms with Crippen LogP contribution in [0, 0.1) is 0 Å². The molecule has 0 spiro atoms. The summed E-state index contributed by atoms with van der Waals surface area (Å²) < 4.78 is 0. The first-order chi connectivity index (χ1) is 7.70. The molecular weight excluding hydrogens is 291 g/mol. The molecule has 0 saturated carbocycles. The Labute approximate surface area is 118 Å². The van der Waals surface area contributed by atoms with Crippen molar-refractivity contribution >= 4 is 28.7 Å². The first kappa shape index (κ1) is 14.7. The van der Waals surface area contributed by atoms with E-state index in [-0.39, 0.29) is 17.1 Å². The van der Waals surface area contributed by atoms with Gasteiger partial charge in [0.2, 0.25) is 0 Å². The topological polar surface area (TPSA) is 0 Å². The summed E-state index contributed by atoms with van der Waals surface area (Å²) in [6.07, 6.45) is 0. The Hall–Kier alpha value is -0.394. The van der Waals surface area contributed by atoms with Crippen LogP contribution in [-0.4, -0.2) is 23.6 Å². The minimum absolute atomic E-state index is 0. The van der Waals surface area contributed by atoms with E-state index >= 15 is 0 Å². The van der Waals surface area contributed by atoms with Gasteiger partial charge in [0.25, 0.3) is 0 Å². The Morgan fingerprint density at radius 1 is 0.824 bits per heavy atom. The van der Waals surface area contributed by atoms with Crippen molar-refractivity contribution in [2.45, 2.75) is 0 Å². The number of rotatable bonds is 2. The van der Waals surface area contributed by atoms with Gasteiger partial charge in [-0.3, -0.25) is 0 Å². The van der Waals surface area contributed by atoms with Gasteiger partial charge in [0, 0.05) is 40.8 Å². The zero-order valence-corrected chi connectivity index (χ0v) is 13.5. The Bertz CT molecular complexity index is 497. The van der Waals surface area contributed by atoms with Crippen molar-refractivity contribution in [3.8, 4) is 11.1 Å². The molecule has 0 bridgehead atoms. The smallest absolute Gasteiger partial charge is 0.0634 e. The average molecular weight is 308 g/mol. The molecule has 17 heavy (non-hydrogen) atoms. The molecule has 2 radical (unpaired) electrons. The van der Waals surface area contributed by atoms with Gasteiger partial charge in [-0.1, -0.05) is 47.7 Å². The molecule has 2 aromatic rings. The van der Waals surface area contributed by atoms with E-state index in [9.17, 15) is 0 Å². The average Bonchev–Trinajstić information content (AvgIpc) is 2.29. The molecule has 3 heteroatoms. The Morgan fingerprint density at radius 3 is 1.94 bits per heavy atom. The predicted octanol–water partition coefficient (Wildman–Crippen LogP) is 1.71. The molecule has 0 saturated heterocycles. The van der Waals surface area contributed by atoms with Crippen LogP contribution in [0.25, 0.3) is 11.1 Å². The maximum atomic E-state index is 2.35. The molecule has 0 heterocycles. The zero-order valence-electron chi connectivity index (χ0n) is 10.1. The van der Waals surface area contributed by atoms with Crippen LogP contribution >= 0.6 is 7.92 Å². The second-order valence-electron chi connectivity index (χ2n) is 4.20. The number of benzene rings is 2. The second-order valence-corrected chi connectivity index (χ2v) is 7.50. The molecule has 0 aliphatic heterocycles. The quantitative estimate of drug-likeness (QED) is 0.585. The van der Waals surface area contributed by atoms with E-state index in [1.54, 1.807) is 0 Å². The summed E-state index contributed by atoms with van der Waals surface area (Å²) in [6, 6.07) is 17.5. The SMILES string of the molecule is C[PH+](C)c1ccccc1-c1ccccc1[SiH2].[Cu]. The maximum absolute atomic E-state index is 2.35. The monoisotopic (exact) mass is 307 g/mol. The summed E-state index contributed by atoms with van der Waals surface area (Å²) in [6.45, 7) is 4.70. The van der Waals surface area contributed by atoms with Gasteiger partial charge in [-0.05, 0) is 11.6 Å². The largest absolute Gasteiger partial charge is 0.0986 e. The van der Waals surface area contributed by atoms with E-state index in [1.807, 2.05) is 10.2 Å². The maximum Gasteiger partial charge on any atom is 0.0986 e. The van der Waals surface area contributed by atoms with E-state index in [1.165, 1.54) is 21.6 Å². The summed E-state index contributed by atoms with van der Waals surface area (Å²) in [4.78, 5) is 0. The second kappa shape index (κ2) is 6.52. The number of hydrogen-bond acceptors (Lipinski definition) is 0. The standard InChI is InChI=1S/C14H16PSi.Cu/c1-15(2)13-9-5-3-7-11(13)12-8-4-6-10-14(12)16;/h3-10H,16H2,1-2H3;/p+1. The van der Waals surface area contributed by atoms with Crippen molar-refractivity contribution in [2.75, 3.05) is 13.3 Å². The molecule has 2 aromatic carbocycles. The van der Waals surface area contributed by atoms with Gasteiger partial charge in [-0.15, -0.1) is 0 Å². The summed E-state index contributed by atoms with van der Waals surface area (Å²) >= 11 is 0. The molecule has 0 aliphatic carbocycles. The van der Waals surface area contributed by atoms with Crippen molar-refractivity contribution in [2.24, 2.45) is 0 Å². The van der Waals surface area contributed by atoms with E-state index in [2.05, 4.69) is 61.9 Å². The van der Waals surface area contributed by atoms with Gasteiger partial charge in [0.1, 0.15) is 0 Å². The van der Waals surface area contributed by atoms with Crippen LogP contribution in [0.4, 0.5) is 0 Å². The fraction of sp³-hybridized carbons (Fsp3) is 0.143. The molecular formula is C14H17CuPSi+. The van der Waals surface area contributed by atoms with E-state index in [4.69, 9.17) is 0 Å². The molecule has 92 valence electrons. The minimum atomic E-state index is -0.402. The molecule has 0 amide bonds. The van der Waals surface area contributed by atoms with E-state index in [0.717, 1.165) is 0 Å². The van der Waals surface area contributed by atoms with Gasteiger partial charge in [0.15, 0.2) is 0 Å². The first-order valence-corrected chi connectivity index (χ1v) is 8.72. The summed E-state index contributed by atoms with van der Waals surface area (Å²) in [5, 5.41) is 2.92. The molecule has 2 rings (SSSR count). The van der Waals surface area contributed by atoms with Crippen LogP contribution in [0.3, 0.4) is 0 Å². The summed E-state index contributed by atoms with van der Waals surface area (Å²) in [5.74, 6) is 0. The van der Waals surface area contributed by atoms with Gasteiger partial charge < -0.3 is 0 Å². The molecule has 0 N–H and O–H groups in total. The van der Waals surface area contributed by atoms with Gasteiger partial charge >= 0.3 is 0 Å². The van der Waals surface area contributed by atoms with Crippen LogP contribution in [0.1, 0.15) is 0 Å². The molecule has 0 nitrogen and oxygen atoms in total. The Kier molecular flexibility index (Phi) is 5.62. The van der Waals surface area contributed by atoms with Crippen LogP contribution in [0.15, 0.2) is 48.5 Å². The van der Waals surface area contributed by atoms with E-state index < -0.39 is 7.92 Å². The third kappa shape index (κ3) is 3.30. The van der Waals surface area contributed by atoms with Crippen LogP contribution in [0.2, 0.25) is 0 Å². The van der Waals surface area contributed by atoms with Crippen molar-refractivity contribution in [1.82, 2.24) is 0 Å². The van der Waals surface area contributed by atoms with Gasteiger partial charge in [-0.2, -0.15) is 0 Å². The first-order valence-electron chi connectivity index (χ1n) is 5.51. The molecule has 0 unspecified atom stereocenters.